The first-order valence-electron chi connectivity index (χ1n) is 7.61. The first-order chi connectivity index (χ1) is 11.9. The van der Waals surface area contributed by atoms with Gasteiger partial charge in [-0.15, -0.1) is 5.10 Å². The van der Waals surface area contributed by atoms with Crippen LogP contribution in [0.5, 0.6) is 0 Å². The average molecular weight is 372 g/mol. The van der Waals surface area contributed by atoms with Gasteiger partial charge >= 0.3 is 12.6 Å². The zero-order chi connectivity index (χ0) is 18.1. The number of amides is 1. The molecule has 10 heteroatoms. The molecule has 1 aromatic heterocycles. The quantitative estimate of drug-likeness (QED) is 0.813. The average Bonchev–Trinajstić information content (AvgIpc) is 3.27. The van der Waals surface area contributed by atoms with Gasteiger partial charge in [0.1, 0.15) is 6.33 Å². The third-order valence-corrected chi connectivity index (χ3v) is 4.32. The maximum atomic E-state index is 12.7. The fourth-order valence-electron chi connectivity index (χ4n) is 2.52. The van der Waals surface area contributed by atoms with Crippen molar-refractivity contribution in [3.05, 3.63) is 35.1 Å². The lowest BCUT2D eigenvalue weighted by molar-refractivity contribution is 0.0564. The number of benzene rings is 1. The van der Waals surface area contributed by atoms with E-state index >= 15 is 0 Å². The molecule has 0 bridgehead atoms. The second-order valence-electron chi connectivity index (χ2n) is 5.84. The van der Waals surface area contributed by atoms with Gasteiger partial charge in [-0.2, -0.15) is 13.5 Å². The van der Waals surface area contributed by atoms with Gasteiger partial charge in [-0.3, -0.25) is 0 Å². The molecular formula is C15H16ClF2N5O2. The smallest absolute Gasteiger partial charge is 0.407 e. The fraction of sp³-hybridized carbons (Fsp3) is 0.400. The molecule has 0 spiro atoms. The highest BCUT2D eigenvalue weighted by atomic mass is 35.5. The van der Waals surface area contributed by atoms with Gasteiger partial charge in [-0.25, -0.2) is 9.78 Å². The predicted octanol–water partition coefficient (Wildman–Crippen LogP) is 3.14. The first-order valence-corrected chi connectivity index (χ1v) is 7.99. The number of alkyl halides is 2. The Balaban J connectivity index is 1.83. The van der Waals surface area contributed by atoms with Crippen LogP contribution in [0.2, 0.25) is 5.02 Å². The van der Waals surface area contributed by atoms with Crippen molar-refractivity contribution in [2.45, 2.75) is 31.5 Å². The number of rotatable bonds is 6. The molecule has 0 radical (unpaired) electrons. The molecule has 7 nitrogen and oxygen atoms in total. The third kappa shape index (κ3) is 3.88. The molecule has 2 aromatic rings. The van der Waals surface area contributed by atoms with Crippen LogP contribution in [0.15, 0.2) is 24.5 Å². The van der Waals surface area contributed by atoms with Crippen LogP contribution in [-0.2, 0) is 0 Å². The molecule has 1 aromatic carbocycles. The van der Waals surface area contributed by atoms with Crippen LogP contribution in [0.3, 0.4) is 0 Å². The van der Waals surface area contributed by atoms with Crippen molar-refractivity contribution in [3.63, 3.8) is 0 Å². The van der Waals surface area contributed by atoms with Gasteiger partial charge < -0.3 is 15.7 Å². The first kappa shape index (κ1) is 17.6. The zero-order valence-corrected chi connectivity index (χ0v) is 13.8. The number of nitrogens with two attached hydrogens (primary N) is 1. The Morgan fingerprint density at radius 3 is 2.76 bits per heavy atom. The summed E-state index contributed by atoms with van der Waals surface area (Å²) >= 11 is 6.12. The summed E-state index contributed by atoms with van der Waals surface area (Å²) in [4.78, 5) is 16.5. The highest BCUT2D eigenvalue weighted by Gasteiger charge is 2.33. The lowest BCUT2D eigenvalue weighted by Crippen LogP contribution is -2.37. The number of hydrogen-bond acceptors (Lipinski definition) is 4. The second-order valence-corrected chi connectivity index (χ2v) is 6.24. The largest absolute Gasteiger partial charge is 0.465 e. The standard InChI is InChI=1S/C15H16ClF2N5O2/c16-11-4-1-8(12(19)6-22(15(24)25)9-2-3-9)5-10(11)13-20-7-23(21-13)14(17)18/h1,4-5,7,9,12,14H,2-3,6,19H2,(H,24,25)/t12-/m1/s1. The van der Waals surface area contributed by atoms with E-state index in [1.807, 2.05) is 0 Å². The summed E-state index contributed by atoms with van der Waals surface area (Å²) in [6.07, 6.45) is 1.58. The van der Waals surface area contributed by atoms with Crippen molar-refractivity contribution in [3.8, 4) is 11.4 Å². The van der Waals surface area contributed by atoms with Gasteiger partial charge in [0.05, 0.1) is 5.02 Å². The zero-order valence-electron chi connectivity index (χ0n) is 13.0. The summed E-state index contributed by atoms with van der Waals surface area (Å²) in [6, 6.07) is 4.28. The van der Waals surface area contributed by atoms with E-state index in [1.54, 1.807) is 18.2 Å². The van der Waals surface area contributed by atoms with E-state index in [4.69, 9.17) is 17.3 Å². The van der Waals surface area contributed by atoms with Crippen LogP contribution in [0, 0.1) is 0 Å². The number of halogens is 3. The minimum atomic E-state index is -2.80. The van der Waals surface area contributed by atoms with Gasteiger partial charge in [-0.05, 0) is 30.5 Å². The third-order valence-electron chi connectivity index (χ3n) is 3.99. The van der Waals surface area contributed by atoms with E-state index in [1.165, 1.54) is 4.90 Å². The molecule has 1 aliphatic carbocycles. The summed E-state index contributed by atoms with van der Waals surface area (Å²) in [5.41, 5.74) is 7.12. The van der Waals surface area contributed by atoms with Crippen LogP contribution in [0.1, 0.15) is 31.0 Å². The molecule has 0 unspecified atom stereocenters. The molecule has 1 fully saturated rings. The minimum absolute atomic E-state index is 0.0127. The van der Waals surface area contributed by atoms with Gasteiger partial charge in [0.25, 0.3) is 0 Å². The van der Waals surface area contributed by atoms with E-state index in [2.05, 4.69) is 10.1 Å². The summed E-state index contributed by atoms with van der Waals surface area (Å²) < 4.78 is 25.7. The highest BCUT2D eigenvalue weighted by molar-refractivity contribution is 6.33. The Hall–Kier alpha value is -2.26. The number of carboxylic acid groups (broad SMARTS) is 1. The molecule has 0 aliphatic heterocycles. The maximum absolute atomic E-state index is 12.7. The van der Waals surface area contributed by atoms with Crippen LogP contribution < -0.4 is 5.73 Å². The van der Waals surface area contributed by atoms with Crippen LogP contribution in [-0.4, -0.2) is 43.5 Å². The lowest BCUT2D eigenvalue weighted by Gasteiger charge is -2.23. The monoisotopic (exact) mass is 371 g/mol. The molecule has 1 aliphatic rings. The highest BCUT2D eigenvalue weighted by Crippen LogP contribution is 2.31. The topological polar surface area (TPSA) is 97.3 Å². The van der Waals surface area contributed by atoms with Gasteiger partial charge in [0.15, 0.2) is 5.82 Å². The Bertz CT molecular complexity index is 781. The molecular weight excluding hydrogens is 356 g/mol. The Labute approximate surface area is 147 Å². The van der Waals surface area contributed by atoms with Crippen molar-refractivity contribution in [1.29, 1.82) is 0 Å². The number of carbonyl (C=O) groups is 1. The molecule has 1 amide bonds. The normalized spacial score (nSPS) is 15.4. The van der Waals surface area contributed by atoms with Crippen molar-refractivity contribution in [2.24, 2.45) is 5.73 Å². The Kier molecular flexibility index (Phi) is 4.87. The molecule has 0 saturated heterocycles. The molecule has 134 valence electrons. The summed E-state index contributed by atoms with van der Waals surface area (Å²) in [5, 5.41) is 13.3. The van der Waals surface area contributed by atoms with Crippen molar-refractivity contribution in [1.82, 2.24) is 19.7 Å². The van der Waals surface area contributed by atoms with E-state index in [0.717, 1.165) is 19.2 Å². The molecule has 1 atom stereocenters. The Morgan fingerprint density at radius 1 is 1.48 bits per heavy atom. The van der Waals surface area contributed by atoms with E-state index < -0.39 is 18.7 Å². The summed E-state index contributed by atoms with van der Waals surface area (Å²) in [6.45, 7) is -2.66. The predicted molar refractivity (Wildman–Crippen MR) is 86.4 cm³/mol. The minimum Gasteiger partial charge on any atom is -0.465 e. The molecule has 3 rings (SSSR count). The van der Waals surface area contributed by atoms with Crippen molar-refractivity contribution >= 4 is 17.7 Å². The summed E-state index contributed by atoms with van der Waals surface area (Å²) in [5.74, 6) is 0.0524. The molecule has 1 saturated carbocycles. The second kappa shape index (κ2) is 6.93. The molecule has 1 heterocycles. The number of hydrogen-bond donors (Lipinski definition) is 2. The maximum Gasteiger partial charge on any atom is 0.407 e. The molecule has 3 N–H and O–H groups in total. The van der Waals surface area contributed by atoms with E-state index in [-0.39, 0.29) is 18.4 Å². The lowest BCUT2D eigenvalue weighted by atomic mass is 10.0. The van der Waals surface area contributed by atoms with Crippen LogP contribution >= 0.6 is 11.6 Å². The van der Waals surface area contributed by atoms with E-state index in [9.17, 15) is 18.7 Å². The number of aromatic nitrogens is 3. The van der Waals surface area contributed by atoms with Crippen molar-refractivity contribution < 1.29 is 18.7 Å². The van der Waals surface area contributed by atoms with Crippen molar-refractivity contribution in [2.75, 3.05) is 6.54 Å². The SMILES string of the molecule is N[C@H](CN(C(=O)O)C1CC1)c1ccc(Cl)c(-c2ncn(C(F)F)n2)c1. The Morgan fingerprint density at radius 2 is 2.20 bits per heavy atom. The van der Waals surface area contributed by atoms with Crippen LogP contribution in [0.25, 0.3) is 11.4 Å². The number of nitrogens with zero attached hydrogens (tertiary/aromatic N) is 4. The fourth-order valence-corrected chi connectivity index (χ4v) is 2.73. The van der Waals surface area contributed by atoms with E-state index in [0.29, 0.717) is 20.8 Å². The van der Waals surface area contributed by atoms with Gasteiger partial charge in [0.2, 0.25) is 0 Å². The van der Waals surface area contributed by atoms with Gasteiger partial charge in [-0.1, -0.05) is 17.7 Å². The molecule has 25 heavy (non-hydrogen) atoms. The van der Waals surface area contributed by atoms with Crippen LogP contribution in [0.4, 0.5) is 13.6 Å². The van der Waals surface area contributed by atoms with Gasteiger partial charge in [0, 0.05) is 24.2 Å². The summed E-state index contributed by atoms with van der Waals surface area (Å²) in [7, 11) is 0.